The number of phenols is 4. The van der Waals surface area contributed by atoms with Gasteiger partial charge in [-0.05, 0) is 36.4 Å². The molecule has 6 N–H and O–H groups in total. The van der Waals surface area contributed by atoms with Gasteiger partial charge in [0, 0.05) is 22.8 Å². The highest BCUT2D eigenvalue weighted by molar-refractivity contribution is 5.42. The van der Waals surface area contributed by atoms with Gasteiger partial charge in [0.2, 0.25) is 10.9 Å². The first-order valence-corrected chi connectivity index (χ1v) is 8.91. The molecule has 0 spiro atoms. The van der Waals surface area contributed by atoms with Crippen LogP contribution in [0, 0.1) is 0 Å². The van der Waals surface area contributed by atoms with Crippen LogP contribution >= 0.6 is 0 Å². The zero-order valence-electron chi connectivity index (χ0n) is 16.2. The summed E-state index contributed by atoms with van der Waals surface area (Å²) in [6.07, 6.45) is 3.28. The van der Waals surface area contributed by atoms with Gasteiger partial charge in [0.25, 0.3) is 0 Å². The van der Waals surface area contributed by atoms with Crippen molar-refractivity contribution < 1.29 is 30.6 Å². The standard InChI is InChI=1S/C22H16N2O8/c25-9-13-5-17(28)11(3-19(13)30)7-23-15-1-2-16(27)21(22(15)32)24-8-12-4-20(31)14(10-26)6-18(12)29/h1-10,25-26,28-31H/b11-7-,12-8-,13-9+,14-10+,23-15?,24-21?. The van der Waals surface area contributed by atoms with E-state index in [1.807, 2.05) is 0 Å². The average Bonchev–Trinajstić information content (AvgIpc) is 2.76. The summed E-state index contributed by atoms with van der Waals surface area (Å²) < 4.78 is 0. The van der Waals surface area contributed by atoms with Gasteiger partial charge in [-0.25, -0.2) is 4.99 Å². The minimum atomic E-state index is -0.835. The maximum atomic E-state index is 12.6. The monoisotopic (exact) mass is 436 g/mol. The van der Waals surface area contributed by atoms with E-state index in [0.717, 1.165) is 48.8 Å². The summed E-state index contributed by atoms with van der Waals surface area (Å²) in [7, 11) is 0. The van der Waals surface area contributed by atoms with Gasteiger partial charge in [-0.1, -0.05) is 0 Å². The van der Waals surface area contributed by atoms with Gasteiger partial charge in [-0.2, -0.15) is 0 Å². The maximum absolute atomic E-state index is 12.6. The van der Waals surface area contributed by atoms with Crippen LogP contribution in [0.5, 0.6) is 23.0 Å². The summed E-state index contributed by atoms with van der Waals surface area (Å²) in [5, 5.41) is 56.6. The molecule has 10 nitrogen and oxygen atoms in total. The van der Waals surface area contributed by atoms with Crippen LogP contribution in [0.1, 0.15) is 0 Å². The molecule has 0 fully saturated rings. The van der Waals surface area contributed by atoms with Crippen molar-refractivity contribution in [3.8, 4) is 23.0 Å². The van der Waals surface area contributed by atoms with Gasteiger partial charge < -0.3 is 30.6 Å². The molecule has 0 bridgehead atoms. The lowest BCUT2D eigenvalue weighted by Gasteiger charge is -1.96. The van der Waals surface area contributed by atoms with E-state index in [1.54, 1.807) is 0 Å². The normalized spacial score (nSPS) is 15.1. The van der Waals surface area contributed by atoms with Crippen molar-refractivity contribution in [3.63, 3.8) is 0 Å². The molecule has 32 heavy (non-hydrogen) atoms. The van der Waals surface area contributed by atoms with Crippen LogP contribution in [-0.2, 0) is 0 Å². The zero-order valence-corrected chi connectivity index (χ0v) is 16.2. The van der Waals surface area contributed by atoms with Crippen LogP contribution in [0.25, 0.3) is 24.9 Å². The maximum Gasteiger partial charge on any atom is 0.233 e. The van der Waals surface area contributed by atoms with E-state index in [1.165, 1.54) is 0 Å². The van der Waals surface area contributed by atoms with Crippen molar-refractivity contribution in [2.24, 2.45) is 9.98 Å². The van der Waals surface area contributed by atoms with E-state index >= 15 is 0 Å². The first-order chi connectivity index (χ1) is 15.2. The molecule has 0 heterocycles. The lowest BCUT2D eigenvalue weighted by Crippen LogP contribution is -2.46. The van der Waals surface area contributed by atoms with Crippen molar-refractivity contribution in [1.82, 2.24) is 0 Å². The predicted molar refractivity (Wildman–Crippen MR) is 114 cm³/mol. The van der Waals surface area contributed by atoms with Crippen molar-refractivity contribution in [3.05, 3.63) is 88.4 Å². The molecule has 0 aliphatic heterocycles. The van der Waals surface area contributed by atoms with Crippen molar-refractivity contribution in [2.75, 3.05) is 0 Å². The molecule has 3 aromatic rings. The second kappa shape index (κ2) is 8.88. The summed E-state index contributed by atoms with van der Waals surface area (Å²) in [5.74, 6) is -1.37. The third-order valence-electron chi connectivity index (χ3n) is 4.38. The van der Waals surface area contributed by atoms with Gasteiger partial charge in [0.15, 0.2) is 5.36 Å². The Balaban J connectivity index is 2.22. The van der Waals surface area contributed by atoms with Crippen molar-refractivity contribution in [2.45, 2.75) is 0 Å². The molecule has 0 unspecified atom stereocenters. The molecule has 0 aromatic heterocycles. The number of phenolic OH excluding ortho intramolecular Hbond substituents is 4. The number of hydrogen-bond acceptors (Lipinski definition) is 10. The van der Waals surface area contributed by atoms with Gasteiger partial charge in [0.1, 0.15) is 28.4 Å². The van der Waals surface area contributed by atoms with Gasteiger partial charge >= 0.3 is 0 Å². The molecule has 0 aliphatic carbocycles. The Labute approximate surface area is 177 Å². The fraction of sp³-hybridized carbons (Fsp3) is 0. The van der Waals surface area contributed by atoms with Crippen molar-refractivity contribution >= 4 is 24.9 Å². The van der Waals surface area contributed by atoms with Crippen LogP contribution < -0.4 is 42.4 Å². The molecule has 0 radical (unpaired) electrons. The topological polar surface area (TPSA) is 180 Å². The summed E-state index contributed by atoms with van der Waals surface area (Å²) in [6, 6.07) is 6.57. The minimum Gasteiger partial charge on any atom is -0.515 e. The zero-order chi connectivity index (χ0) is 23.4. The van der Waals surface area contributed by atoms with Gasteiger partial charge in [-0.15, -0.1) is 0 Å². The van der Waals surface area contributed by atoms with Crippen LogP contribution in [-0.4, -0.2) is 30.6 Å². The third kappa shape index (κ3) is 4.33. The highest BCUT2D eigenvalue weighted by Gasteiger charge is 2.02. The number of aliphatic hydroxyl groups excluding tert-OH is 2. The molecule has 3 rings (SSSR count). The second-order valence-electron chi connectivity index (χ2n) is 6.47. The Kier molecular flexibility index (Phi) is 6.06. The fourth-order valence-corrected chi connectivity index (χ4v) is 2.67. The molecular weight excluding hydrogens is 420 g/mol. The fourth-order valence-electron chi connectivity index (χ4n) is 2.67. The first kappa shape index (κ1) is 21.8. The van der Waals surface area contributed by atoms with E-state index in [4.69, 9.17) is 10.2 Å². The molecule has 162 valence electrons. The van der Waals surface area contributed by atoms with Crippen LogP contribution in [0.15, 0.2) is 56.0 Å². The molecule has 0 aliphatic rings. The quantitative estimate of drug-likeness (QED) is 0.236. The van der Waals surface area contributed by atoms with Crippen molar-refractivity contribution in [1.29, 1.82) is 0 Å². The summed E-state index contributed by atoms with van der Waals surface area (Å²) in [6.45, 7) is 0. The van der Waals surface area contributed by atoms with E-state index < -0.39 is 16.2 Å². The van der Waals surface area contributed by atoms with E-state index in [2.05, 4.69) is 9.98 Å². The Hall–Kier alpha value is -4.86. The largest absolute Gasteiger partial charge is 0.515 e. The highest BCUT2D eigenvalue weighted by Crippen LogP contribution is 2.03. The molecule has 10 heteroatoms. The number of aromatic hydroxyl groups is 4. The number of benzene rings is 3. The minimum absolute atomic E-state index is 0.0121. The van der Waals surface area contributed by atoms with Crippen LogP contribution in [0.3, 0.4) is 0 Å². The van der Waals surface area contributed by atoms with E-state index in [9.17, 15) is 30.0 Å². The number of nitrogens with zero attached hydrogens (tertiary/aromatic N) is 2. The van der Waals surface area contributed by atoms with Gasteiger partial charge in [-0.3, -0.25) is 14.6 Å². The van der Waals surface area contributed by atoms with Gasteiger partial charge in [0.05, 0.1) is 23.0 Å². The number of hydrogen-bond donors (Lipinski definition) is 6. The molecule has 0 saturated heterocycles. The smallest absolute Gasteiger partial charge is 0.233 e. The Morgan fingerprint density at radius 1 is 0.625 bits per heavy atom. The molecular formula is C22H16N2O8. The lowest BCUT2D eigenvalue weighted by molar-refractivity contribution is 0.449. The summed E-state index contributed by atoms with van der Waals surface area (Å²) in [4.78, 5) is 32.4. The number of rotatable bonds is 2. The first-order valence-electron chi connectivity index (χ1n) is 8.91. The second-order valence-corrected chi connectivity index (χ2v) is 6.47. The predicted octanol–water partition coefficient (Wildman–Crippen LogP) is -2.63. The Morgan fingerprint density at radius 3 is 1.56 bits per heavy atom. The number of aliphatic hydroxyl groups is 2. The lowest BCUT2D eigenvalue weighted by atomic mass is 10.2. The summed E-state index contributed by atoms with van der Waals surface area (Å²) in [5.41, 5.74) is -1.55. The third-order valence-corrected chi connectivity index (χ3v) is 4.38. The summed E-state index contributed by atoms with van der Waals surface area (Å²) >= 11 is 0. The Morgan fingerprint density at radius 2 is 1.06 bits per heavy atom. The Bertz CT molecular complexity index is 1680. The average molecular weight is 436 g/mol. The van der Waals surface area contributed by atoms with Crippen LogP contribution in [0.4, 0.5) is 0 Å². The SMILES string of the molecule is O=c1ccc(=N/C=c2/cc(O)/c(=C/O)cc2O)c(=O)c1=N/C=c1/cc(O)/c(=C/O)cc1O. The van der Waals surface area contributed by atoms with Crippen LogP contribution in [0.2, 0.25) is 0 Å². The molecule has 0 amide bonds. The molecule has 0 atom stereocenters. The van der Waals surface area contributed by atoms with E-state index in [-0.39, 0.29) is 49.2 Å². The highest BCUT2D eigenvalue weighted by atomic mass is 16.3. The molecule has 3 aromatic carbocycles. The van der Waals surface area contributed by atoms with E-state index in [0.29, 0.717) is 12.5 Å². The molecule has 0 saturated carbocycles.